The Hall–Kier alpha value is -1.60. The monoisotopic (exact) mass is 323 g/mol. The summed E-state index contributed by atoms with van der Waals surface area (Å²) in [6.07, 6.45) is 5.55. The van der Waals surface area contributed by atoms with Gasteiger partial charge in [-0.15, -0.1) is 0 Å². The van der Waals surface area contributed by atoms with Crippen LogP contribution in [0.1, 0.15) is 49.4 Å². The standard InChI is InChI=1S/C23H33N/c1-6-19-9-13-21(14-10-19)17-23(8-3,24(4)5)18-22-15-11-20(7-2)12-16-22/h9-16H,6-8,17-18H2,1-5H3. The molecule has 1 heteroatoms. The van der Waals surface area contributed by atoms with Crippen LogP contribution in [0.5, 0.6) is 0 Å². The average Bonchev–Trinajstić information content (AvgIpc) is 2.62. The van der Waals surface area contributed by atoms with Crippen LogP contribution in [0.15, 0.2) is 48.5 Å². The molecule has 130 valence electrons. The Bertz CT molecular complexity index is 558. The molecule has 0 spiro atoms. The van der Waals surface area contributed by atoms with Crippen molar-refractivity contribution in [2.24, 2.45) is 0 Å². The van der Waals surface area contributed by atoms with Gasteiger partial charge in [-0.05, 0) is 68.5 Å². The van der Waals surface area contributed by atoms with E-state index in [4.69, 9.17) is 0 Å². The topological polar surface area (TPSA) is 3.24 Å². The fraction of sp³-hybridized carbons (Fsp3) is 0.478. The van der Waals surface area contributed by atoms with Gasteiger partial charge in [0.2, 0.25) is 0 Å². The second-order valence-electron chi connectivity index (χ2n) is 7.17. The molecule has 0 fully saturated rings. The molecule has 0 radical (unpaired) electrons. The molecule has 2 aromatic rings. The molecule has 0 aliphatic rings. The van der Waals surface area contributed by atoms with E-state index in [0.717, 1.165) is 32.1 Å². The van der Waals surface area contributed by atoms with E-state index in [9.17, 15) is 0 Å². The van der Waals surface area contributed by atoms with Crippen LogP contribution in [0.25, 0.3) is 0 Å². The molecule has 0 N–H and O–H groups in total. The second kappa shape index (κ2) is 8.48. The Kier molecular flexibility index (Phi) is 6.62. The number of hydrogen-bond acceptors (Lipinski definition) is 1. The fourth-order valence-corrected chi connectivity index (χ4v) is 3.49. The van der Waals surface area contributed by atoms with Crippen LogP contribution in [-0.2, 0) is 25.7 Å². The van der Waals surface area contributed by atoms with E-state index in [0.29, 0.717) is 0 Å². The van der Waals surface area contributed by atoms with Gasteiger partial charge in [0.25, 0.3) is 0 Å². The molecule has 0 aliphatic carbocycles. The molecular weight excluding hydrogens is 290 g/mol. The minimum absolute atomic E-state index is 0.168. The van der Waals surface area contributed by atoms with Gasteiger partial charge in [-0.25, -0.2) is 0 Å². The van der Waals surface area contributed by atoms with Crippen LogP contribution in [0.2, 0.25) is 0 Å². The van der Waals surface area contributed by atoms with Crippen molar-refractivity contribution in [3.8, 4) is 0 Å². The maximum absolute atomic E-state index is 2.43. The number of hydrogen-bond donors (Lipinski definition) is 0. The lowest BCUT2D eigenvalue weighted by molar-refractivity contribution is 0.143. The predicted molar refractivity (Wildman–Crippen MR) is 106 cm³/mol. The van der Waals surface area contributed by atoms with Gasteiger partial charge in [0, 0.05) is 5.54 Å². The summed E-state index contributed by atoms with van der Waals surface area (Å²) in [5.74, 6) is 0. The number of benzene rings is 2. The molecule has 0 heterocycles. The largest absolute Gasteiger partial charge is 0.303 e. The molecule has 24 heavy (non-hydrogen) atoms. The normalized spacial score (nSPS) is 11.9. The van der Waals surface area contributed by atoms with Crippen molar-refractivity contribution in [2.45, 2.75) is 58.4 Å². The molecule has 2 aromatic carbocycles. The maximum atomic E-state index is 2.43. The third-order valence-corrected chi connectivity index (χ3v) is 5.54. The quantitative estimate of drug-likeness (QED) is 0.636. The lowest BCUT2D eigenvalue weighted by Gasteiger charge is -2.40. The van der Waals surface area contributed by atoms with E-state index in [1.165, 1.54) is 22.3 Å². The molecule has 1 nitrogen and oxygen atoms in total. The first-order valence-corrected chi connectivity index (χ1v) is 9.36. The summed E-state index contributed by atoms with van der Waals surface area (Å²) >= 11 is 0. The summed E-state index contributed by atoms with van der Waals surface area (Å²) in [7, 11) is 4.45. The zero-order chi connectivity index (χ0) is 17.6. The van der Waals surface area contributed by atoms with Crippen LogP contribution in [0, 0.1) is 0 Å². The number of rotatable bonds is 8. The smallest absolute Gasteiger partial charge is 0.0281 e. The predicted octanol–water partition coefficient (Wildman–Crippen LogP) is 5.31. The van der Waals surface area contributed by atoms with Crippen LogP contribution >= 0.6 is 0 Å². The molecular formula is C23H33N. The van der Waals surface area contributed by atoms with Crippen LogP contribution in [0.3, 0.4) is 0 Å². The van der Waals surface area contributed by atoms with Crippen LogP contribution in [0.4, 0.5) is 0 Å². The summed E-state index contributed by atoms with van der Waals surface area (Å²) < 4.78 is 0. The van der Waals surface area contributed by atoms with Crippen molar-refractivity contribution in [1.82, 2.24) is 4.90 Å². The highest BCUT2D eigenvalue weighted by atomic mass is 15.1. The van der Waals surface area contributed by atoms with Gasteiger partial charge < -0.3 is 4.90 Å². The van der Waals surface area contributed by atoms with Crippen molar-refractivity contribution in [3.05, 3.63) is 70.8 Å². The molecule has 0 atom stereocenters. The molecule has 0 aromatic heterocycles. The lowest BCUT2D eigenvalue weighted by Crippen LogP contribution is -2.47. The van der Waals surface area contributed by atoms with E-state index in [1.807, 2.05) is 0 Å². The minimum Gasteiger partial charge on any atom is -0.303 e. The van der Waals surface area contributed by atoms with Crippen LogP contribution < -0.4 is 0 Å². The Morgan fingerprint density at radius 1 is 0.625 bits per heavy atom. The van der Waals surface area contributed by atoms with E-state index in [2.05, 4.69) is 88.3 Å². The highest BCUT2D eigenvalue weighted by Gasteiger charge is 2.31. The van der Waals surface area contributed by atoms with Crippen LogP contribution in [-0.4, -0.2) is 24.5 Å². The highest BCUT2D eigenvalue weighted by Crippen LogP contribution is 2.28. The van der Waals surface area contributed by atoms with Gasteiger partial charge in [-0.2, -0.15) is 0 Å². The first kappa shape index (κ1) is 18.7. The van der Waals surface area contributed by atoms with Crippen molar-refractivity contribution >= 4 is 0 Å². The molecule has 0 amide bonds. The molecule has 2 rings (SSSR count). The average molecular weight is 324 g/mol. The Morgan fingerprint density at radius 2 is 0.958 bits per heavy atom. The lowest BCUT2D eigenvalue weighted by atomic mass is 9.81. The van der Waals surface area contributed by atoms with Gasteiger partial charge in [-0.3, -0.25) is 0 Å². The summed E-state index contributed by atoms with van der Waals surface area (Å²) in [6, 6.07) is 18.4. The summed E-state index contributed by atoms with van der Waals surface area (Å²) in [4.78, 5) is 2.43. The third kappa shape index (κ3) is 4.48. The third-order valence-electron chi connectivity index (χ3n) is 5.54. The van der Waals surface area contributed by atoms with Gasteiger partial charge in [0.15, 0.2) is 0 Å². The Labute approximate surface area is 148 Å². The first-order chi connectivity index (χ1) is 11.5. The summed E-state index contributed by atoms with van der Waals surface area (Å²) in [6.45, 7) is 6.75. The molecule has 0 aliphatic heterocycles. The zero-order valence-corrected chi connectivity index (χ0v) is 16.1. The van der Waals surface area contributed by atoms with E-state index in [1.54, 1.807) is 0 Å². The SMILES string of the molecule is CCc1ccc(CC(CC)(Cc2ccc(CC)cc2)N(C)C)cc1. The Balaban J connectivity index is 2.23. The number of nitrogens with zero attached hydrogens (tertiary/aromatic N) is 1. The minimum atomic E-state index is 0.168. The van der Waals surface area contributed by atoms with Crippen molar-refractivity contribution < 1.29 is 0 Å². The molecule has 0 bridgehead atoms. The van der Waals surface area contributed by atoms with E-state index >= 15 is 0 Å². The zero-order valence-electron chi connectivity index (χ0n) is 16.1. The summed E-state index contributed by atoms with van der Waals surface area (Å²) in [5.41, 5.74) is 5.88. The number of aryl methyl sites for hydroxylation is 2. The summed E-state index contributed by atoms with van der Waals surface area (Å²) in [5, 5.41) is 0. The van der Waals surface area contributed by atoms with Crippen molar-refractivity contribution in [3.63, 3.8) is 0 Å². The van der Waals surface area contributed by atoms with E-state index in [-0.39, 0.29) is 5.54 Å². The van der Waals surface area contributed by atoms with Crippen molar-refractivity contribution in [2.75, 3.05) is 14.1 Å². The van der Waals surface area contributed by atoms with Gasteiger partial charge in [0.1, 0.15) is 0 Å². The number of likely N-dealkylation sites (N-methyl/N-ethyl adjacent to an activating group) is 1. The first-order valence-electron chi connectivity index (χ1n) is 9.36. The van der Waals surface area contributed by atoms with Gasteiger partial charge >= 0.3 is 0 Å². The fourth-order valence-electron chi connectivity index (χ4n) is 3.49. The van der Waals surface area contributed by atoms with Gasteiger partial charge in [-0.1, -0.05) is 69.3 Å². The van der Waals surface area contributed by atoms with Crippen molar-refractivity contribution in [1.29, 1.82) is 0 Å². The maximum Gasteiger partial charge on any atom is 0.0281 e. The molecule has 0 unspecified atom stereocenters. The molecule has 0 saturated heterocycles. The molecule has 0 saturated carbocycles. The van der Waals surface area contributed by atoms with Gasteiger partial charge in [0.05, 0.1) is 0 Å². The van der Waals surface area contributed by atoms with E-state index < -0.39 is 0 Å². The second-order valence-corrected chi connectivity index (χ2v) is 7.17. The highest BCUT2D eigenvalue weighted by molar-refractivity contribution is 5.28. The Morgan fingerprint density at radius 3 is 1.21 bits per heavy atom.